The molecule has 0 radical (unpaired) electrons. The number of carbonyl (C=O) groups is 1. The summed E-state index contributed by atoms with van der Waals surface area (Å²) in [7, 11) is 0. The number of aliphatic hydroxyl groups is 1. The predicted octanol–water partition coefficient (Wildman–Crippen LogP) is 1.00. The minimum Gasteiger partial charge on any atom is -0.391 e. The van der Waals surface area contributed by atoms with Gasteiger partial charge in [0.15, 0.2) is 11.5 Å². The number of hydrogen-bond acceptors (Lipinski definition) is 6. The number of primary amides is 1. The highest BCUT2D eigenvalue weighted by Crippen LogP contribution is 2.37. The van der Waals surface area contributed by atoms with Crippen molar-refractivity contribution in [1.29, 1.82) is 0 Å². The zero-order chi connectivity index (χ0) is 19.3. The quantitative estimate of drug-likeness (QED) is 0.629. The molecule has 140 valence electrons. The highest BCUT2D eigenvalue weighted by molar-refractivity contribution is 6.03. The lowest BCUT2D eigenvalue weighted by molar-refractivity contribution is 0.100. The molecule has 0 bridgehead atoms. The average molecular weight is 374 g/mol. The number of amides is 1. The first-order valence-corrected chi connectivity index (χ1v) is 8.19. The normalized spacial score (nSPS) is 19.7. The lowest BCUT2D eigenvalue weighted by Gasteiger charge is -2.26. The smallest absolute Gasteiger partial charge is 0.256 e. The Bertz CT molecular complexity index is 1050. The first-order valence-electron chi connectivity index (χ1n) is 8.19. The van der Waals surface area contributed by atoms with Crippen molar-refractivity contribution in [1.82, 2.24) is 14.6 Å². The molecule has 1 saturated heterocycles. The summed E-state index contributed by atoms with van der Waals surface area (Å²) in [6, 6.07) is 4.16. The minimum atomic E-state index is -0.777. The molecule has 1 amide bonds. The second-order valence-electron chi connectivity index (χ2n) is 6.40. The third-order valence-corrected chi connectivity index (χ3v) is 4.63. The molecule has 0 spiro atoms. The van der Waals surface area contributed by atoms with Crippen LogP contribution in [-0.4, -0.2) is 38.3 Å². The van der Waals surface area contributed by atoms with Gasteiger partial charge in [-0.05, 0) is 30.7 Å². The van der Waals surface area contributed by atoms with Crippen LogP contribution in [0.25, 0.3) is 5.65 Å². The first-order chi connectivity index (χ1) is 12.8. The van der Waals surface area contributed by atoms with Gasteiger partial charge in [-0.1, -0.05) is 0 Å². The van der Waals surface area contributed by atoms with Crippen LogP contribution in [0.2, 0.25) is 0 Å². The molecule has 10 heteroatoms. The fourth-order valence-electron chi connectivity index (χ4n) is 3.46. The van der Waals surface area contributed by atoms with Crippen LogP contribution in [-0.2, 0) is 0 Å². The van der Waals surface area contributed by atoms with Crippen molar-refractivity contribution in [2.75, 3.05) is 17.2 Å². The van der Waals surface area contributed by atoms with Crippen molar-refractivity contribution in [2.24, 2.45) is 5.73 Å². The molecule has 0 unspecified atom stereocenters. The zero-order valence-electron chi connectivity index (χ0n) is 14.0. The van der Waals surface area contributed by atoms with E-state index in [0.29, 0.717) is 5.82 Å². The standard InChI is InChI=1S/C17H16F2N6O2/c18-8-1-2-11(19)10(5-8)12-6-9(26)7-24(12)13-3-4-25-17(22-13)14(16(21)27)15(20)23-25/h1-5,9,12,26H,6-7H2,(H2,20,23)(H2,21,27)/t9-,12+/m0/s1. The lowest BCUT2D eigenvalue weighted by atomic mass is 10.0. The van der Waals surface area contributed by atoms with E-state index in [4.69, 9.17) is 11.5 Å². The summed E-state index contributed by atoms with van der Waals surface area (Å²) in [5.74, 6) is -1.62. The van der Waals surface area contributed by atoms with E-state index in [2.05, 4.69) is 10.1 Å². The number of aliphatic hydroxyl groups excluding tert-OH is 1. The Hall–Kier alpha value is -3.27. The Balaban J connectivity index is 1.82. The van der Waals surface area contributed by atoms with Gasteiger partial charge in [0.2, 0.25) is 0 Å². The maximum atomic E-state index is 14.3. The Kier molecular flexibility index (Phi) is 3.92. The Morgan fingerprint density at radius 1 is 1.30 bits per heavy atom. The topological polar surface area (TPSA) is 123 Å². The zero-order valence-corrected chi connectivity index (χ0v) is 14.0. The molecule has 5 N–H and O–H groups in total. The molecule has 4 rings (SSSR count). The van der Waals surface area contributed by atoms with Gasteiger partial charge in [0.05, 0.1) is 12.1 Å². The van der Waals surface area contributed by atoms with Gasteiger partial charge in [0.1, 0.15) is 23.0 Å². The van der Waals surface area contributed by atoms with Crippen molar-refractivity contribution in [2.45, 2.75) is 18.6 Å². The molecular weight excluding hydrogens is 358 g/mol. The number of aromatic nitrogens is 3. The van der Waals surface area contributed by atoms with Gasteiger partial charge >= 0.3 is 0 Å². The summed E-state index contributed by atoms with van der Waals surface area (Å²) >= 11 is 0. The fourth-order valence-corrected chi connectivity index (χ4v) is 3.46. The number of nitrogens with zero attached hydrogens (tertiary/aromatic N) is 4. The molecule has 8 nitrogen and oxygen atoms in total. The van der Waals surface area contributed by atoms with Crippen LogP contribution in [0.4, 0.5) is 20.4 Å². The highest BCUT2D eigenvalue weighted by Gasteiger charge is 2.35. The number of benzene rings is 1. The van der Waals surface area contributed by atoms with Gasteiger partial charge in [0, 0.05) is 18.3 Å². The predicted molar refractivity (Wildman–Crippen MR) is 93.0 cm³/mol. The number of β-amino-alcohol motifs (C(OH)–C–C–N with tert-alkyl or cyclic N) is 1. The van der Waals surface area contributed by atoms with Crippen LogP contribution >= 0.6 is 0 Å². The molecule has 1 fully saturated rings. The second kappa shape index (κ2) is 6.16. The summed E-state index contributed by atoms with van der Waals surface area (Å²) < 4.78 is 29.2. The fraction of sp³-hybridized carbons (Fsp3) is 0.235. The summed E-state index contributed by atoms with van der Waals surface area (Å²) in [5.41, 5.74) is 11.3. The molecule has 3 heterocycles. The van der Waals surface area contributed by atoms with Crippen molar-refractivity contribution in [3.8, 4) is 0 Å². The van der Waals surface area contributed by atoms with E-state index in [1.165, 1.54) is 10.7 Å². The maximum Gasteiger partial charge on any atom is 0.256 e. The highest BCUT2D eigenvalue weighted by atomic mass is 19.1. The lowest BCUT2D eigenvalue weighted by Crippen LogP contribution is -2.26. The molecule has 2 atom stereocenters. The molecule has 1 aliphatic rings. The summed E-state index contributed by atoms with van der Waals surface area (Å²) in [5, 5.41) is 14.1. The first kappa shape index (κ1) is 17.2. The summed E-state index contributed by atoms with van der Waals surface area (Å²) in [6.45, 7) is 0.166. The molecule has 1 aromatic carbocycles. The van der Waals surface area contributed by atoms with Crippen molar-refractivity contribution in [3.63, 3.8) is 0 Å². The van der Waals surface area contributed by atoms with Gasteiger partial charge in [-0.2, -0.15) is 0 Å². The molecule has 0 aliphatic carbocycles. The van der Waals surface area contributed by atoms with Gasteiger partial charge in [-0.25, -0.2) is 18.3 Å². The summed E-state index contributed by atoms with van der Waals surface area (Å²) in [6.07, 6.45) is 0.989. The van der Waals surface area contributed by atoms with E-state index < -0.39 is 29.7 Å². The van der Waals surface area contributed by atoms with Crippen LogP contribution in [0.15, 0.2) is 30.5 Å². The number of rotatable bonds is 3. The van der Waals surface area contributed by atoms with E-state index in [9.17, 15) is 18.7 Å². The van der Waals surface area contributed by atoms with Crippen molar-refractivity contribution >= 4 is 23.2 Å². The van der Waals surface area contributed by atoms with Crippen molar-refractivity contribution < 1.29 is 18.7 Å². The molecule has 27 heavy (non-hydrogen) atoms. The molecule has 3 aromatic rings. The Morgan fingerprint density at radius 2 is 2.07 bits per heavy atom. The van der Waals surface area contributed by atoms with E-state index in [1.54, 1.807) is 11.0 Å². The van der Waals surface area contributed by atoms with Crippen LogP contribution in [0, 0.1) is 11.6 Å². The number of anilines is 2. The van der Waals surface area contributed by atoms with Gasteiger partial charge in [-0.3, -0.25) is 4.79 Å². The number of fused-ring (bicyclic) bond motifs is 1. The monoisotopic (exact) mass is 374 g/mol. The number of hydrogen-bond donors (Lipinski definition) is 3. The molecule has 1 aliphatic heterocycles. The van der Waals surface area contributed by atoms with Crippen molar-refractivity contribution in [3.05, 3.63) is 53.2 Å². The maximum absolute atomic E-state index is 14.3. The van der Waals surface area contributed by atoms with E-state index in [-0.39, 0.29) is 35.6 Å². The van der Waals surface area contributed by atoms with E-state index >= 15 is 0 Å². The van der Waals surface area contributed by atoms with Crippen LogP contribution in [0.1, 0.15) is 28.4 Å². The Morgan fingerprint density at radius 3 is 2.81 bits per heavy atom. The Labute approximate surface area is 152 Å². The van der Waals surface area contributed by atoms with Gasteiger partial charge in [-0.15, -0.1) is 5.10 Å². The average Bonchev–Trinajstić information content (AvgIpc) is 3.15. The van der Waals surface area contributed by atoms with Gasteiger partial charge < -0.3 is 21.5 Å². The van der Waals surface area contributed by atoms with Gasteiger partial charge in [0.25, 0.3) is 5.91 Å². The molecular formula is C17H16F2N6O2. The van der Waals surface area contributed by atoms with E-state index in [0.717, 1.165) is 18.2 Å². The third-order valence-electron chi connectivity index (χ3n) is 4.63. The second-order valence-corrected chi connectivity index (χ2v) is 6.40. The number of nitrogen functional groups attached to an aromatic ring is 1. The van der Waals surface area contributed by atoms with Crippen LogP contribution in [0.5, 0.6) is 0 Å². The van der Waals surface area contributed by atoms with E-state index in [1.807, 2.05) is 0 Å². The summed E-state index contributed by atoms with van der Waals surface area (Å²) in [4.78, 5) is 17.7. The van der Waals surface area contributed by atoms with Crippen LogP contribution < -0.4 is 16.4 Å². The number of nitrogens with two attached hydrogens (primary N) is 2. The minimum absolute atomic E-state index is 0.0231. The number of carbonyl (C=O) groups excluding carboxylic acids is 1. The number of halogens is 2. The SMILES string of the molecule is NC(=O)c1c(N)nn2ccc(N3C[C@@H](O)C[C@@H]3c3cc(F)ccc3F)nc12. The van der Waals surface area contributed by atoms with Crippen LogP contribution in [0.3, 0.4) is 0 Å². The largest absolute Gasteiger partial charge is 0.391 e. The third kappa shape index (κ3) is 2.83. The molecule has 2 aromatic heterocycles. The molecule has 0 saturated carbocycles.